The summed E-state index contributed by atoms with van der Waals surface area (Å²) in [7, 11) is 0. The van der Waals surface area contributed by atoms with Crippen LogP contribution in [-0.2, 0) is 9.53 Å². The van der Waals surface area contributed by atoms with Crippen molar-refractivity contribution in [2.24, 2.45) is 0 Å². The molecule has 0 N–H and O–H groups in total. The standard InChI is InChI=1S/C18H12BrFO3/c19-9-14-11-22-17-4-2-1-3-15(17)18(23-14)16(10-21)12-5-7-13(20)8-6-12/h1-10H,11H2/b14-9+,18-16-. The summed E-state index contributed by atoms with van der Waals surface area (Å²) in [4.78, 5) is 13.3. The molecule has 116 valence electrons. The van der Waals surface area contributed by atoms with Crippen molar-refractivity contribution >= 4 is 33.5 Å². The summed E-state index contributed by atoms with van der Waals surface area (Å²) >= 11 is 3.23. The normalized spacial score (nSPS) is 17.6. The number of fused-ring (bicyclic) bond motifs is 1. The van der Waals surface area contributed by atoms with Crippen LogP contribution >= 0.6 is 15.9 Å². The molecule has 5 heteroatoms. The lowest BCUT2D eigenvalue weighted by Crippen LogP contribution is -2.00. The lowest BCUT2D eigenvalue weighted by molar-refractivity contribution is -0.103. The quantitative estimate of drug-likeness (QED) is 0.571. The van der Waals surface area contributed by atoms with Crippen molar-refractivity contribution in [1.82, 2.24) is 0 Å². The van der Waals surface area contributed by atoms with Crippen LogP contribution in [-0.4, -0.2) is 12.9 Å². The van der Waals surface area contributed by atoms with Crippen LogP contribution < -0.4 is 4.74 Å². The van der Waals surface area contributed by atoms with E-state index in [1.54, 1.807) is 17.1 Å². The fraction of sp³-hybridized carbons (Fsp3) is 0.0556. The van der Waals surface area contributed by atoms with Gasteiger partial charge in [0, 0.05) is 4.99 Å². The topological polar surface area (TPSA) is 35.5 Å². The molecule has 0 amide bonds. The Bertz CT molecular complexity index is 794. The Labute approximate surface area is 141 Å². The summed E-state index contributed by atoms with van der Waals surface area (Å²) in [5, 5.41) is 0. The molecule has 1 aliphatic heterocycles. The third-order valence-electron chi connectivity index (χ3n) is 3.37. The van der Waals surface area contributed by atoms with Gasteiger partial charge in [0.25, 0.3) is 0 Å². The van der Waals surface area contributed by atoms with E-state index in [2.05, 4.69) is 15.9 Å². The molecule has 0 aromatic heterocycles. The minimum absolute atomic E-state index is 0.237. The number of ether oxygens (including phenoxy) is 2. The summed E-state index contributed by atoms with van der Waals surface area (Å²) in [6.45, 7) is 0.237. The molecule has 0 spiro atoms. The lowest BCUT2D eigenvalue weighted by atomic mass is 10.0. The number of halogens is 2. The van der Waals surface area contributed by atoms with E-state index in [0.29, 0.717) is 40.3 Å². The molecule has 0 saturated heterocycles. The molecule has 1 aliphatic rings. The smallest absolute Gasteiger partial charge is 0.154 e. The first kappa shape index (κ1) is 15.5. The third kappa shape index (κ3) is 3.19. The fourth-order valence-electron chi connectivity index (χ4n) is 2.28. The molecular formula is C18H12BrFO3. The van der Waals surface area contributed by atoms with Gasteiger partial charge in [-0.1, -0.05) is 40.2 Å². The molecule has 0 fully saturated rings. The van der Waals surface area contributed by atoms with E-state index in [9.17, 15) is 9.18 Å². The highest BCUT2D eigenvalue weighted by atomic mass is 79.9. The van der Waals surface area contributed by atoms with Gasteiger partial charge in [0.2, 0.25) is 0 Å². The molecule has 0 radical (unpaired) electrons. The van der Waals surface area contributed by atoms with E-state index in [0.717, 1.165) is 0 Å². The first-order valence-corrected chi connectivity index (χ1v) is 7.79. The molecule has 23 heavy (non-hydrogen) atoms. The second kappa shape index (κ2) is 6.79. The van der Waals surface area contributed by atoms with Crippen molar-refractivity contribution in [1.29, 1.82) is 0 Å². The first-order valence-electron chi connectivity index (χ1n) is 6.87. The zero-order valence-corrected chi connectivity index (χ0v) is 13.5. The van der Waals surface area contributed by atoms with Gasteiger partial charge in [0.05, 0.1) is 11.1 Å². The van der Waals surface area contributed by atoms with Crippen molar-refractivity contribution < 1.29 is 18.7 Å². The summed E-state index contributed by atoms with van der Waals surface area (Å²) < 4.78 is 24.7. The Morgan fingerprint density at radius 3 is 2.57 bits per heavy atom. The lowest BCUT2D eigenvalue weighted by Gasteiger charge is -2.12. The molecule has 0 saturated carbocycles. The van der Waals surface area contributed by atoms with Crippen LogP contribution in [0.5, 0.6) is 5.75 Å². The molecular weight excluding hydrogens is 363 g/mol. The van der Waals surface area contributed by atoms with E-state index >= 15 is 0 Å². The van der Waals surface area contributed by atoms with E-state index < -0.39 is 0 Å². The highest BCUT2D eigenvalue weighted by Gasteiger charge is 2.22. The number of hydrogen-bond donors (Lipinski definition) is 0. The van der Waals surface area contributed by atoms with Crippen LogP contribution in [0.25, 0.3) is 11.3 Å². The Morgan fingerprint density at radius 2 is 1.87 bits per heavy atom. The zero-order chi connectivity index (χ0) is 16.2. The SMILES string of the molecule is O=C/C(=C1/O/C(=C/Br)COc2ccccc21)c1ccc(F)cc1. The highest BCUT2D eigenvalue weighted by molar-refractivity contribution is 9.11. The summed E-state index contributed by atoms with van der Waals surface area (Å²) in [6, 6.07) is 13.0. The first-order chi connectivity index (χ1) is 11.2. The van der Waals surface area contributed by atoms with Crippen molar-refractivity contribution in [3.63, 3.8) is 0 Å². The average Bonchev–Trinajstić information content (AvgIpc) is 2.77. The molecule has 0 bridgehead atoms. The van der Waals surface area contributed by atoms with E-state index in [-0.39, 0.29) is 12.4 Å². The second-order valence-corrected chi connectivity index (χ2v) is 5.29. The van der Waals surface area contributed by atoms with Crippen molar-refractivity contribution in [2.75, 3.05) is 6.61 Å². The third-order valence-corrected chi connectivity index (χ3v) is 3.88. The highest BCUT2D eigenvalue weighted by Crippen LogP contribution is 2.36. The van der Waals surface area contributed by atoms with Gasteiger partial charge in [-0.05, 0) is 29.8 Å². The van der Waals surface area contributed by atoms with E-state index in [1.807, 2.05) is 24.3 Å². The largest absolute Gasteiger partial charge is 0.485 e. The average molecular weight is 375 g/mol. The van der Waals surface area contributed by atoms with Gasteiger partial charge in [-0.15, -0.1) is 0 Å². The van der Waals surface area contributed by atoms with E-state index in [1.165, 1.54) is 12.1 Å². The van der Waals surface area contributed by atoms with Crippen LogP contribution in [0, 0.1) is 5.82 Å². The molecule has 3 rings (SSSR count). The molecule has 2 aromatic rings. The Kier molecular flexibility index (Phi) is 4.57. The van der Waals surface area contributed by atoms with Gasteiger partial charge >= 0.3 is 0 Å². The maximum Gasteiger partial charge on any atom is 0.154 e. The van der Waals surface area contributed by atoms with Gasteiger partial charge in [0.1, 0.15) is 29.7 Å². The number of carbonyl (C=O) groups excluding carboxylic acids is 1. The number of allylic oxidation sites excluding steroid dienone is 1. The monoisotopic (exact) mass is 374 g/mol. The van der Waals surface area contributed by atoms with Crippen LogP contribution in [0.15, 0.2) is 59.3 Å². The fourth-order valence-corrected chi connectivity index (χ4v) is 2.51. The molecule has 0 unspecified atom stereocenters. The Balaban J connectivity index is 2.23. The molecule has 0 aliphatic carbocycles. The minimum atomic E-state index is -0.365. The number of rotatable bonds is 2. The second-order valence-electron chi connectivity index (χ2n) is 4.83. The van der Waals surface area contributed by atoms with Gasteiger partial charge in [-0.25, -0.2) is 4.39 Å². The van der Waals surface area contributed by atoms with Gasteiger partial charge in [-0.3, -0.25) is 4.79 Å². The minimum Gasteiger partial charge on any atom is -0.485 e. The number of carbonyl (C=O) groups is 1. The molecule has 3 nitrogen and oxygen atoms in total. The summed E-state index contributed by atoms with van der Waals surface area (Å²) in [6.07, 6.45) is 0.705. The van der Waals surface area contributed by atoms with Crippen molar-refractivity contribution in [2.45, 2.75) is 0 Å². The van der Waals surface area contributed by atoms with Crippen molar-refractivity contribution in [3.8, 4) is 5.75 Å². The molecule has 1 heterocycles. The Hall–Kier alpha value is -2.40. The maximum atomic E-state index is 13.1. The molecule has 0 atom stereocenters. The predicted octanol–water partition coefficient (Wildman–Crippen LogP) is 4.54. The van der Waals surface area contributed by atoms with Crippen molar-refractivity contribution in [3.05, 3.63) is 76.2 Å². The van der Waals surface area contributed by atoms with E-state index in [4.69, 9.17) is 9.47 Å². The van der Waals surface area contributed by atoms with Crippen LogP contribution in [0.3, 0.4) is 0 Å². The van der Waals surface area contributed by atoms with Crippen LogP contribution in [0.2, 0.25) is 0 Å². The summed E-state index contributed by atoms with van der Waals surface area (Å²) in [5.41, 5.74) is 1.57. The van der Waals surface area contributed by atoms with Gasteiger partial charge in [0.15, 0.2) is 6.29 Å². The maximum absolute atomic E-state index is 13.1. The Morgan fingerprint density at radius 1 is 1.13 bits per heavy atom. The van der Waals surface area contributed by atoms with Crippen LogP contribution in [0.1, 0.15) is 11.1 Å². The molecule has 2 aromatic carbocycles. The number of para-hydroxylation sites is 1. The number of benzene rings is 2. The van der Waals surface area contributed by atoms with Crippen LogP contribution in [0.4, 0.5) is 4.39 Å². The van der Waals surface area contributed by atoms with Gasteiger partial charge in [-0.2, -0.15) is 0 Å². The number of aldehydes is 1. The zero-order valence-electron chi connectivity index (χ0n) is 12.0. The predicted molar refractivity (Wildman–Crippen MR) is 89.3 cm³/mol. The number of hydrogen-bond acceptors (Lipinski definition) is 3. The summed E-state index contributed by atoms with van der Waals surface area (Å²) in [5.74, 6) is 1.16. The van der Waals surface area contributed by atoms with Gasteiger partial charge < -0.3 is 9.47 Å².